The summed E-state index contributed by atoms with van der Waals surface area (Å²) in [6, 6.07) is 13.8. The average Bonchev–Trinajstić information content (AvgIpc) is 3.30. The summed E-state index contributed by atoms with van der Waals surface area (Å²) in [4.78, 5) is 29.6. The van der Waals surface area contributed by atoms with E-state index in [2.05, 4.69) is 16.4 Å². The number of hydrogen-bond acceptors (Lipinski definition) is 4. The maximum absolute atomic E-state index is 13.1. The lowest BCUT2D eigenvalue weighted by molar-refractivity contribution is -0.120. The Kier molecular flexibility index (Phi) is 5.57. The average molecular weight is 407 g/mol. The number of imidazole rings is 1. The van der Waals surface area contributed by atoms with Crippen LogP contribution in [0, 0.1) is 6.92 Å². The van der Waals surface area contributed by atoms with Gasteiger partial charge in [-0.15, -0.1) is 0 Å². The third-order valence-electron chi connectivity index (χ3n) is 4.80. The molecule has 148 valence electrons. The van der Waals surface area contributed by atoms with Crippen molar-refractivity contribution >= 4 is 28.4 Å². The minimum absolute atomic E-state index is 0.0482. The van der Waals surface area contributed by atoms with Gasteiger partial charge in [-0.2, -0.15) is 11.3 Å². The summed E-state index contributed by atoms with van der Waals surface area (Å²) in [6.07, 6.45) is 2.04. The van der Waals surface area contributed by atoms with Crippen LogP contribution in [0.3, 0.4) is 0 Å². The van der Waals surface area contributed by atoms with Crippen molar-refractivity contribution in [3.63, 3.8) is 0 Å². The quantitative estimate of drug-likeness (QED) is 0.513. The molecule has 7 heteroatoms. The Morgan fingerprint density at radius 1 is 1.14 bits per heavy atom. The summed E-state index contributed by atoms with van der Waals surface area (Å²) < 4.78 is 3.38. The monoisotopic (exact) mass is 406 g/mol. The Morgan fingerprint density at radius 3 is 2.83 bits per heavy atom. The number of rotatable bonds is 7. The molecule has 1 N–H and O–H groups in total. The van der Waals surface area contributed by atoms with Crippen LogP contribution in [0.2, 0.25) is 0 Å². The maximum Gasteiger partial charge on any atom is 0.330 e. The number of carbonyl (C=O) groups is 1. The lowest BCUT2D eigenvalue weighted by Crippen LogP contribution is -2.32. The summed E-state index contributed by atoms with van der Waals surface area (Å²) in [5.74, 6) is -0.0482. The summed E-state index contributed by atoms with van der Waals surface area (Å²) in [5, 5.41) is 6.82. The molecule has 29 heavy (non-hydrogen) atoms. The van der Waals surface area contributed by atoms with Crippen LogP contribution in [0.1, 0.15) is 16.7 Å². The molecule has 0 radical (unpaired) electrons. The van der Waals surface area contributed by atoms with Gasteiger partial charge in [-0.25, -0.2) is 9.78 Å². The number of hydrogen-bond donors (Lipinski definition) is 1. The van der Waals surface area contributed by atoms with E-state index in [4.69, 9.17) is 0 Å². The summed E-state index contributed by atoms with van der Waals surface area (Å²) in [7, 11) is 0. The highest BCUT2D eigenvalue weighted by molar-refractivity contribution is 7.08. The second kappa shape index (κ2) is 8.45. The molecule has 6 nitrogen and oxygen atoms in total. The molecule has 0 unspecified atom stereocenters. The molecule has 0 atom stereocenters. The van der Waals surface area contributed by atoms with Crippen LogP contribution in [0.15, 0.2) is 64.2 Å². The van der Waals surface area contributed by atoms with Gasteiger partial charge in [0.15, 0.2) is 5.65 Å². The van der Waals surface area contributed by atoms with E-state index >= 15 is 0 Å². The number of amides is 1. The van der Waals surface area contributed by atoms with Gasteiger partial charge in [-0.3, -0.25) is 13.9 Å². The van der Waals surface area contributed by atoms with Crippen LogP contribution in [0.25, 0.3) is 11.2 Å². The van der Waals surface area contributed by atoms with Gasteiger partial charge in [0.05, 0.1) is 18.5 Å². The number of aryl methyl sites for hydroxylation is 1. The molecule has 0 aliphatic carbocycles. The summed E-state index contributed by atoms with van der Waals surface area (Å²) in [5.41, 5.74) is 4.54. The topological polar surface area (TPSA) is 68.9 Å². The van der Waals surface area contributed by atoms with Gasteiger partial charge in [0, 0.05) is 19.3 Å². The molecule has 0 aliphatic rings. The van der Waals surface area contributed by atoms with Crippen molar-refractivity contribution in [1.82, 2.24) is 19.4 Å². The predicted octanol–water partition coefficient (Wildman–Crippen LogP) is 2.98. The Labute approximate surface area is 172 Å². The fraction of sp³-hybridized carbons (Fsp3) is 0.227. The van der Waals surface area contributed by atoms with E-state index in [9.17, 15) is 9.59 Å². The fourth-order valence-corrected chi connectivity index (χ4v) is 4.11. The van der Waals surface area contributed by atoms with Gasteiger partial charge < -0.3 is 5.32 Å². The van der Waals surface area contributed by atoms with Crippen LogP contribution in [-0.4, -0.2) is 26.6 Å². The van der Waals surface area contributed by atoms with Crippen molar-refractivity contribution in [2.45, 2.75) is 26.4 Å². The van der Waals surface area contributed by atoms with Crippen LogP contribution in [-0.2, 0) is 24.3 Å². The first kappa shape index (κ1) is 19.1. The van der Waals surface area contributed by atoms with Crippen molar-refractivity contribution in [2.75, 3.05) is 6.54 Å². The minimum atomic E-state index is -0.118. The van der Waals surface area contributed by atoms with Gasteiger partial charge in [-0.1, -0.05) is 29.8 Å². The largest absolute Gasteiger partial charge is 0.354 e. The Morgan fingerprint density at radius 2 is 2.03 bits per heavy atom. The predicted molar refractivity (Wildman–Crippen MR) is 115 cm³/mol. The smallest absolute Gasteiger partial charge is 0.330 e. The van der Waals surface area contributed by atoms with E-state index in [-0.39, 0.29) is 11.6 Å². The van der Waals surface area contributed by atoms with Crippen LogP contribution >= 0.6 is 11.3 Å². The molecule has 1 amide bonds. The van der Waals surface area contributed by atoms with E-state index in [1.54, 1.807) is 26.7 Å². The minimum Gasteiger partial charge on any atom is -0.354 e. The second-order valence-corrected chi connectivity index (χ2v) is 7.79. The van der Waals surface area contributed by atoms with Crippen molar-refractivity contribution in [2.24, 2.45) is 0 Å². The molecular formula is C22H22N4O2S. The van der Waals surface area contributed by atoms with E-state index in [0.29, 0.717) is 31.7 Å². The molecule has 0 bridgehead atoms. The van der Waals surface area contributed by atoms with Gasteiger partial charge in [-0.05, 0) is 47.0 Å². The number of fused-ring (bicyclic) bond motifs is 1. The zero-order valence-electron chi connectivity index (χ0n) is 16.2. The third-order valence-corrected chi connectivity index (χ3v) is 5.53. The van der Waals surface area contributed by atoms with Crippen molar-refractivity contribution in [3.05, 3.63) is 86.6 Å². The molecule has 1 aromatic carbocycles. The number of thiophene rings is 1. The highest BCUT2D eigenvalue weighted by atomic mass is 32.1. The lowest BCUT2D eigenvalue weighted by Gasteiger charge is -2.06. The first-order valence-electron chi connectivity index (χ1n) is 9.49. The van der Waals surface area contributed by atoms with Crippen molar-refractivity contribution in [3.8, 4) is 0 Å². The van der Waals surface area contributed by atoms with E-state index in [0.717, 1.165) is 22.2 Å². The number of aromatic nitrogens is 3. The van der Waals surface area contributed by atoms with Crippen LogP contribution in [0.5, 0.6) is 0 Å². The van der Waals surface area contributed by atoms with Gasteiger partial charge in [0.25, 0.3) is 0 Å². The normalized spacial score (nSPS) is 11.1. The Balaban J connectivity index is 1.53. The number of benzene rings is 1. The molecule has 0 fully saturated rings. The number of nitrogens with zero attached hydrogens (tertiary/aromatic N) is 3. The number of nitrogens with one attached hydrogen (secondary N) is 1. The number of carbonyl (C=O) groups excluding carboxylic acids is 1. The molecule has 3 aromatic heterocycles. The second-order valence-electron chi connectivity index (χ2n) is 7.01. The summed E-state index contributed by atoms with van der Waals surface area (Å²) in [6.45, 7) is 3.28. The van der Waals surface area contributed by atoms with Gasteiger partial charge in [0.2, 0.25) is 5.91 Å². The molecule has 4 aromatic rings. The molecule has 4 rings (SSSR count). The van der Waals surface area contributed by atoms with Crippen molar-refractivity contribution < 1.29 is 4.79 Å². The first-order chi connectivity index (χ1) is 14.1. The molecule has 0 spiro atoms. The van der Waals surface area contributed by atoms with Gasteiger partial charge >= 0.3 is 5.69 Å². The third kappa shape index (κ3) is 4.30. The Hall–Kier alpha value is -3.19. The zero-order chi connectivity index (χ0) is 20.2. The molecular weight excluding hydrogens is 384 g/mol. The Bertz CT molecular complexity index is 1190. The lowest BCUT2D eigenvalue weighted by atomic mass is 10.1. The number of pyridine rings is 1. The zero-order valence-corrected chi connectivity index (χ0v) is 17.0. The SMILES string of the molecule is Cc1cccc(Cn2c(=O)n(CCNC(=O)Cc3ccsc3)c3ncccc32)c1. The van der Waals surface area contributed by atoms with E-state index in [1.165, 1.54) is 0 Å². The first-order valence-corrected chi connectivity index (χ1v) is 10.4. The molecule has 0 aliphatic heterocycles. The molecule has 0 saturated heterocycles. The van der Waals surface area contributed by atoms with E-state index < -0.39 is 0 Å². The molecule has 3 heterocycles. The maximum atomic E-state index is 13.1. The van der Waals surface area contributed by atoms with Crippen LogP contribution < -0.4 is 11.0 Å². The molecule has 0 saturated carbocycles. The standard InChI is InChI=1S/C22H22N4O2S/c1-16-4-2-5-17(12-16)14-26-19-6-3-8-24-21(19)25(22(26)28)10-9-23-20(27)13-18-7-11-29-15-18/h2-8,11-12,15H,9-10,13-14H2,1H3,(H,23,27). The van der Waals surface area contributed by atoms with Crippen LogP contribution in [0.4, 0.5) is 0 Å². The van der Waals surface area contributed by atoms with Crippen molar-refractivity contribution in [1.29, 1.82) is 0 Å². The fourth-order valence-electron chi connectivity index (χ4n) is 3.44. The van der Waals surface area contributed by atoms with Gasteiger partial charge in [0.1, 0.15) is 0 Å². The highest BCUT2D eigenvalue weighted by Gasteiger charge is 2.14. The summed E-state index contributed by atoms with van der Waals surface area (Å²) >= 11 is 1.57. The highest BCUT2D eigenvalue weighted by Crippen LogP contribution is 2.13. The van der Waals surface area contributed by atoms with E-state index in [1.807, 2.05) is 54.1 Å².